The van der Waals surface area contributed by atoms with Gasteiger partial charge in [-0.25, -0.2) is 0 Å². The minimum absolute atomic E-state index is 0.993. The van der Waals surface area contributed by atoms with Gasteiger partial charge in [-0.3, -0.25) is 4.98 Å². The molecule has 0 saturated heterocycles. The van der Waals surface area contributed by atoms with Crippen LogP contribution in [0.3, 0.4) is 0 Å². The molecule has 0 fully saturated rings. The van der Waals surface area contributed by atoms with Gasteiger partial charge in [0.2, 0.25) is 0 Å². The van der Waals surface area contributed by atoms with Crippen LogP contribution in [0.25, 0.3) is 10.9 Å². The van der Waals surface area contributed by atoms with E-state index in [0.717, 1.165) is 24.8 Å². The van der Waals surface area contributed by atoms with E-state index in [4.69, 9.17) is 0 Å². The molecule has 0 bridgehead atoms. The average molecular weight is 184 g/mol. The normalized spacial score (nSPS) is 10.6. The highest BCUT2D eigenvalue weighted by atomic mass is 14.6. The summed E-state index contributed by atoms with van der Waals surface area (Å²) in [5.74, 6) is 0. The smallest absolute Gasteiger partial charge is 0.0702 e. The average Bonchev–Trinajstić information content (AvgIpc) is 2.26. The molecule has 1 aromatic carbocycles. The summed E-state index contributed by atoms with van der Waals surface area (Å²) in [6, 6.07) is 10.4. The third-order valence-electron chi connectivity index (χ3n) is 2.36. The van der Waals surface area contributed by atoms with Crippen LogP contribution < -0.4 is 0 Å². The predicted molar refractivity (Wildman–Crippen MR) is 60.0 cm³/mol. The van der Waals surface area contributed by atoms with Gasteiger partial charge >= 0.3 is 0 Å². The minimum atomic E-state index is 0.993. The highest BCUT2D eigenvalue weighted by Gasteiger charge is 1.96. The molecule has 1 nitrogen and oxygen atoms in total. The quantitative estimate of drug-likeness (QED) is 0.712. The van der Waals surface area contributed by atoms with E-state index >= 15 is 0 Å². The van der Waals surface area contributed by atoms with Crippen molar-refractivity contribution in [1.29, 1.82) is 0 Å². The molecule has 0 aliphatic carbocycles. The van der Waals surface area contributed by atoms with E-state index in [0.29, 0.717) is 0 Å². The van der Waals surface area contributed by atoms with Crippen LogP contribution in [0.15, 0.2) is 36.5 Å². The highest BCUT2D eigenvalue weighted by molar-refractivity contribution is 5.78. The van der Waals surface area contributed by atoms with Crippen molar-refractivity contribution in [2.24, 2.45) is 0 Å². The van der Waals surface area contributed by atoms with E-state index in [1.54, 1.807) is 0 Å². The Morgan fingerprint density at radius 1 is 1.21 bits per heavy atom. The zero-order valence-electron chi connectivity index (χ0n) is 8.24. The second kappa shape index (κ2) is 4.23. The number of aromatic nitrogens is 1. The summed E-state index contributed by atoms with van der Waals surface area (Å²) in [7, 11) is 0. The first-order valence-corrected chi connectivity index (χ1v) is 5.03. The zero-order chi connectivity index (χ0) is 9.80. The molecule has 1 radical (unpaired) electrons. The molecule has 2 rings (SSSR count). The Morgan fingerprint density at radius 3 is 2.93 bits per heavy atom. The van der Waals surface area contributed by atoms with Gasteiger partial charge in [0.05, 0.1) is 5.52 Å². The van der Waals surface area contributed by atoms with Crippen LogP contribution in [-0.2, 0) is 6.42 Å². The van der Waals surface area contributed by atoms with Gasteiger partial charge in [-0.05, 0) is 30.5 Å². The van der Waals surface area contributed by atoms with Crippen LogP contribution in [-0.4, -0.2) is 4.98 Å². The lowest BCUT2D eigenvalue weighted by Gasteiger charge is -2.01. The van der Waals surface area contributed by atoms with Crippen molar-refractivity contribution in [2.45, 2.75) is 19.3 Å². The molecule has 0 saturated carbocycles. The maximum atomic E-state index is 4.41. The van der Waals surface area contributed by atoms with Crippen molar-refractivity contribution in [1.82, 2.24) is 4.98 Å². The van der Waals surface area contributed by atoms with Crippen molar-refractivity contribution < 1.29 is 0 Å². The van der Waals surface area contributed by atoms with E-state index in [-0.39, 0.29) is 0 Å². The summed E-state index contributed by atoms with van der Waals surface area (Å²) in [5.41, 5.74) is 2.39. The van der Waals surface area contributed by atoms with Crippen molar-refractivity contribution >= 4 is 10.9 Å². The number of rotatable bonds is 3. The fourth-order valence-corrected chi connectivity index (χ4v) is 1.58. The Labute approximate surface area is 84.8 Å². The van der Waals surface area contributed by atoms with Crippen molar-refractivity contribution in [3.63, 3.8) is 0 Å². The second-order valence-electron chi connectivity index (χ2n) is 3.49. The second-order valence-corrected chi connectivity index (χ2v) is 3.49. The maximum Gasteiger partial charge on any atom is 0.0702 e. The summed E-state index contributed by atoms with van der Waals surface area (Å²) in [4.78, 5) is 4.41. The summed E-state index contributed by atoms with van der Waals surface area (Å²) in [5, 5.41) is 1.23. The number of hydrogen-bond acceptors (Lipinski definition) is 1. The van der Waals surface area contributed by atoms with Crippen LogP contribution in [0.2, 0.25) is 0 Å². The van der Waals surface area contributed by atoms with E-state index in [1.165, 1.54) is 10.9 Å². The number of hydrogen-bond donors (Lipinski definition) is 0. The molecule has 0 N–H and O–H groups in total. The molecule has 0 amide bonds. The van der Waals surface area contributed by atoms with Crippen LogP contribution in [0.5, 0.6) is 0 Å². The first-order valence-electron chi connectivity index (χ1n) is 5.03. The van der Waals surface area contributed by atoms with Gasteiger partial charge in [-0.2, -0.15) is 0 Å². The fraction of sp³-hybridized carbons (Fsp3) is 0.231. The van der Waals surface area contributed by atoms with Gasteiger partial charge in [0, 0.05) is 11.6 Å². The largest absolute Gasteiger partial charge is 0.256 e. The third kappa shape index (κ3) is 1.92. The fourth-order valence-electron chi connectivity index (χ4n) is 1.58. The number of unbranched alkanes of at least 4 members (excludes halogenated alkanes) is 1. The molecule has 1 heterocycles. The van der Waals surface area contributed by atoms with Crippen LogP contribution in [0, 0.1) is 6.92 Å². The molecule has 0 unspecified atom stereocenters. The topological polar surface area (TPSA) is 12.9 Å². The molecule has 2 aromatic rings. The van der Waals surface area contributed by atoms with Gasteiger partial charge in [0.1, 0.15) is 0 Å². The van der Waals surface area contributed by atoms with Crippen molar-refractivity contribution in [3.05, 3.63) is 49.0 Å². The number of nitrogens with zero attached hydrogens (tertiary/aromatic N) is 1. The van der Waals surface area contributed by atoms with E-state index in [9.17, 15) is 0 Å². The summed E-state index contributed by atoms with van der Waals surface area (Å²) in [6.07, 6.45) is 5.19. The molecular weight excluding hydrogens is 170 g/mol. The Hall–Kier alpha value is -1.37. The molecule has 0 aliphatic rings. The lowest BCUT2D eigenvalue weighted by Crippen LogP contribution is -1.87. The predicted octanol–water partition coefficient (Wildman–Crippen LogP) is 3.39. The Morgan fingerprint density at radius 2 is 2.07 bits per heavy atom. The van der Waals surface area contributed by atoms with Crippen LogP contribution >= 0.6 is 0 Å². The first-order chi connectivity index (χ1) is 6.90. The van der Waals surface area contributed by atoms with Gasteiger partial charge in [-0.1, -0.05) is 31.5 Å². The lowest BCUT2D eigenvalue weighted by atomic mass is 10.1. The molecule has 0 atom stereocenters. The Bertz CT molecular complexity index is 420. The molecule has 14 heavy (non-hydrogen) atoms. The number of fused-ring (bicyclic) bond motifs is 1. The maximum absolute atomic E-state index is 4.41. The molecule has 1 aromatic heterocycles. The molecule has 0 spiro atoms. The summed E-state index contributed by atoms with van der Waals surface area (Å²) in [6.45, 7) is 3.84. The van der Waals surface area contributed by atoms with Gasteiger partial charge in [0.15, 0.2) is 0 Å². The SMILES string of the molecule is [CH2]CCCc1cnc2ccccc2c1. The molecule has 1 heteroatoms. The standard InChI is InChI=1S/C13H14N/c1-2-3-6-11-9-12-7-4-5-8-13(12)14-10-11/h4-5,7-10H,1-3,6H2. The van der Waals surface area contributed by atoms with Crippen molar-refractivity contribution in [2.75, 3.05) is 0 Å². The number of pyridine rings is 1. The van der Waals surface area contributed by atoms with Gasteiger partial charge < -0.3 is 0 Å². The number of para-hydroxylation sites is 1. The molecular formula is C13H14N. The summed E-state index contributed by atoms with van der Waals surface area (Å²) < 4.78 is 0. The third-order valence-corrected chi connectivity index (χ3v) is 2.36. The first kappa shape index (κ1) is 9.20. The zero-order valence-corrected chi connectivity index (χ0v) is 8.24. The minimum Gasteiger partial charge on any atom is -0.256 e. The van der Waals surface area contributed by atoms with Gasteiger partial charge in [-0.15, -0.1) is 0 Å². The van der Waals surface area contributed by atoms with Crippen LogP contribution in [0.4, 0.5) is 0 Å². The highest BCUT2D eigenvalue weighted by Crippen LogP contribution is 2.13. The number of benzene rings is 1. The molecule has 71 valence electrons. The van der Waals surface area contributed by atoms with Crippen molar-refractivity contribution in [3.8, 4) is 0 Å². The Balaban J connectivity index is 2.32. The van der Waals surface area contributed by atoms with E-state index in [1.807, 2.05) is 18.3 Å². The van der Waals surface area contributed by atoms with E-state index < -0.39 is 0 Å². The van der Waals surface area contributed by atoms with E-state index in [2.05, 4.69) is 30.1 Å². The number of aryl methyl sites for hydroxylation is 1. The lowest BCUT2D eigenvalue weighted by molar-refractivity contribution is 0.838. The summed E-state index contributed by atoms with van der Waals surface area (Å²) >= 11 is 0. The molecule has 0 aliphatic heterocycles. The van der Waals surface area contributed by atoms with Crippen LogP contribution in [0.1, 0.15) is 18.4 Å². The Kier molecular flexibility index (Phi) is 2.78. The van der Waals surface area contributed by atoms with Gasteiger partial charge in [0.25, 0.3) is 0 Å². The monoisotopic (exact) mass is 184 g/mol.